The van der Waals surface area contributed by atoms with Crippen LogP contribution in [0.25, 0.3) is 22.6 Å². The highest BCUT2D eigenvalue weighted by Gasteiger charge is 2.13. The Morgan fingerprint density at radius 3 is 2.58 bits per heavy atom. The third-order valence-electron chi connectivity index (χ3n) is 5.60. The molecule has 7 heteroatoms. The lowest BCUT2D eigenvalue weighted by Crippen LogP contribution is -1.99. The fraction of sp³-hybridized carbons (Fsp3) is 0.167. The molecule has 0 unspecified atom stereocenters. The summed E-state index contributed by atoms with van der Waals surface area (Å²) in [4.78, 5) is 0. The van der Waals surface area contributed by atoms with Crippen LogP contribution in [0.5, 0.6) is 5.75 Å². The Labute approximate surface area is 180 Å². The highest BCUT2D eigenvalue weighted by molar-refractivity contribution is 5.66. The molecule has 3 aromatic heterocycles. The lowest BCUT2D eigenvalue weighted by molar-refractivity contribution is 0.414. The number of imidazole rings is 1. The molecule has 7 nitrogen and oxygen atoms in total. The zero-order chi connectivity index (χ0) is 21.5. The molecular weight excluding hydrogens is 388 g/mol. The van der Waals surface area contributed by atoms with Gasteiger partial charge in [-0.2, -0.15) is 10.2 Å². The number of rotatable bonds is 5. The third-order valence-corrected chi connectivity index (χ3v) is 5.60. The molecule has 3 heterocycles. The standard InChI is InChI=1S/C24H24N6O/c1-16-10-17(2)23(11-21(16)25)29-8-9-30-24(29)12-22(27-30)19-13-26-28(15-19)14-18-4-6-20(31-3)7-5-18/h4-13,15H,14,25H2,1-3H3. The number of aromatic nitrogens is 5. The van der Waals surface area contributed by atoms with E-state index in [1.807, 2.05) is 71.2 Å². The Morgan fingerprint density at radius 1 is 1.00 bits per heavy atom. The van der Waals surface area contributed by atoms with Gasteiger partial charge in [0.1, 0.15) is 11.4 Å². The number of aryl methyl sites for hydroxylation is 2. The van der Waals surface area contributed by atoms with Gasteiger partial charge in [-0.3, -0.25) is 9.25 Å². The van der Waals surface area contributed by atoms with Crippen LogP contribution >= 0.6 is 0 Å². The van der Waals surface area contributed by atoms with Gasteiger partial charge in [-0.05, 0) is 48.7 Å². The van der Waals surface area contributed by atoms with Crippen LogP contribution in [0.1, 0.15) is 16.7 Å². The quantitative estimate of drug-likeness (QED) is 0.438. The van der Waals surface area contributed by atoms with Crippen molar-refractivity contribution >= 4 is 11.3 Å². The normalized spacial score (nSPS) is 11.3. The smallest absolute Gasteiger partial charge is 0.140 e. The van der Waals surface area contributed by atoms with Crippen LogP contribution in [-0.4, -0.2) is 31.1 Å². The monoisotopic (exact) mass is 412 g/mol. The molecule has 2 aromatic carbocycles. The molecule has 0 aliphatic rings. The van der Waals surface area contributed by atoms with E-state index in [-0.39, 0.29) is 0 Å². The lowest BCUT2D eigenvalue weighted by Gasteiger charge is -2.11. The number of hydrogen-bond donors (Lipinski definition) is 1. The average Bonchev–Trinajstić information content (AvgIpc) is 3.47. The topological polar surface area (TPSA) is 75.3 Å². The summed E-state index contributed by atoms with van der Waals surface area (Å²) < 4.78 is 11.1. The molecule has 0 spiro atoms. The minimum absolute atomic E-state index is 0.686. The predicted molar refractivity (Wildman–Crippen MR) is 122 cm³/mol. The number of ether oxygens (including phenoxy) is 1. The zero-order valence-corrected chi connectivity index (χ0v) is 17.8. The minimum Gasteiger partial charge on any atom is -0.497 e. The number of benzene rings is 2. The van der Waals surface area contributed by atoms with Gasteiger partial charge in [-0.15, -0.1) is 0 Å². The molecule has 5 rings (SSSR count). The SMILES string of the molecule is COc1ccc(Cn2cc(-c3cc4n(-c5cc(N)c(C)cc5C)ccn4n3)cn2)cc1. The van der Waals surface area contributed by atoms with Crippen molar-refractivity contribution in [2.24, 2.45) is 0 Å². The van der Waals surface area contributed by atoms with Crippen molar-refractivity contribution in [2.75, 3.05) is 12.8 Å². The number of methoxy groups -OCH3 is 1. The average molecular weight is 412 g/mol. The first kappa shape index (κ1) is 19.0. The van der Waals surface area contributed by atoms with Gasteiger partial charge in [0.05, 0.1) is 31.2 Å². The fourth-order valence-corrected chi connectivity index (χ4v) is 3.84. The van der Waals surface area contributed by atoms with Crippen LogP contribution in [-0.2, 0) is 6.54 Å². The molecule has 0 aliphatic carbocycles. The summed E-state index contributed by atoms with van der Waals surface area (Å²) in [7, 11) is 1.67. The first-order chi connectivity index (χ1) is 15.0. The van der Waals surface area contributed by atoms with E-state index in [2.05, 4.69) is 28.7 Å². The van der Waals surface area contributed by atoms with Crippen molar-refractivity contribution in [1.82, 2.24) is 24.0 Å². The number of nitrogens with two attached hydrogens (primary N) is 1. The van der Waals surface area contributed by atoms with Crippen LogP contribution in [0.3, 0.4) is 0 Å². The number of nitrogen functional groups attached to an aromatic ring is 1. The van der Waals surface area contributed by atoms with Gasteiger partial charge in [0.15, 0.2) is 0 Å². The molecule has 0 saturated carbocycles. The van der Waals surface area contributed by atoms with Crippen LogP contribution in [0.2, 0.25) is 0 Å². The van der Waals surface area contributed by atoms with Gasteiger partial charge >= 0.3 is 0 Å². The molecule has 156 valence electrons. The fourth-order valence-electron chi connectivity index (χ4n) is 3.84. The summed E-state index contributed by atoms with van der Waals surface area (Å²) in [6.45, 7) is 4.81. The number of anilines is 1. The molecular formula is C24H24N6O. The van der Waals surface area contributed by atoms with E-state index in [4.69, 9.17) is 15.6 Å². The molecule has 31 heavy (non-hydrogen) atoms. The van der Waals surface area contributed by atoms with E-state index in [9.17, 15) is 0 Å². The minimum atomic E-state index is 0.686. The Hall–Kier alpha value is -4.00. The second-order valence-electron chi connectivity index (χ2n) is 7.77. The Balaban J connectivity index is 1.45. The summed E-state index contributed by atoms with van der Waals surface area (Å²) >= 11 is 0. The maximum atomic E-state index is 6.16. The zero-order valence-electron chi connectivity index (χ0n) is 17.8. The molecule has 0 bridgehead atoms. The van der Waals surface area contributed by atoms with Crippen LogP contribution < -0.4 is 10.5 Å². The van der Waals surface area contributed by atoms with E-state index < -0.39 is 0 Å². The van der Waals surface area contributed by atoms with E-state index in [0.717, 1.165) is 45.2 Å². The van der Waals surface area contributed by atoms with Crippen LogP contribution in [0.4, 0.5) is 5.69 Å². The van der Waals surface area contributed by atoms with E-state index in [0.29, 0.717) is 6.54 Å². The van der Waals surface area contributed by atoms with E-state index >= 15 is 0 Å². The molecule has 5 aromatic rings. The van der Waals surface area contributed by atoms with Gasteiger partial charge in [0.25, 0.3) is 0 Å². The first-order valence-corrected chi connectivity index (χ1v) is 10.1. The molecule has 0 radical (unpaired) electrons. The Kier molecular flexibility index (Phi) is 4.51. The van der Waals surface area contributed by atoms with Crippen LogP contribution in [0.15, 0.2) is 67.3 Å². The second-order valence-corrected chi connectivity index (χ2v) is 7.77. The largest absolute Gasteiger partial charge is 0.497 e. The van der Waals surface area contributed by atoms with Crippen molar-refractivity contribution in [2.45, 2.75) is 20.4 Å². The summed E-state index contributed by atoms with van der Waals surface area (Å²) in [6.07, 6.45) is 7.84. The maximum absolute atomic E-state index is 6.16. The van der Waals surface area contributed by atoms with E-state index in [1.165, 1.54) is 5.56 Å². The lowest BCUT2D eigenvalue weighted by atomic mass is 10.1. The second kappa shape index (κ2) is 7.36. The van der Waals surface area contributed by atoms with Crippen LogP contribution in [0, 0.1) is 13.8 Å². The molecule has 2 N–H and O–H groups in total. The molecule has 0 fully saturated rings. The highest BCUT2D eigenvalue weighted by atomic mass is 16.5. The number of hydrogen-bond acceptors (Lipinski definition) is 4. The van der Waals surface area contributed by atoms with E-state index in [1.54, 1.807) is 7.11 Å². The molecule has 0 amide bonds. The third kappa shape index (κ3) is 3.44. The maximum Gasteiger partial charge on any atom is 0.140 e. The Bertz CT molecular complexity index is 1370. The Morgan fingerprint density at radius 2 is 1.81 bits per heavy atom. The van der Waals surface area contributed by atoms with Crippen molar-refractivity contribution in [3.63, 3.8) is 0 Å². The van der Waals surface area contributed by atoms with Crippen molar-refractivity contribution in [1.29, 1.82) is 0 Å². The van der Waals surface area contributed by atoms with Crippen molar-refractivity contribution in [3.8, 4) is 22.7 Å². The van der Waals surface area contributed by atoms with Crippen molar-refractivity contribution < 1.29 is 4.74 Å². The highest BCUT2D eigenvalue weighted by Crippen LogP contribution is 2.26. The number of fused-ring (bicyclic) bond motifs is 1. The van der Waals surface area contributed by atoms with Gasteiger partial charge in [-0.1, -0.05) is 18.2 Å². The predicted octanol–water partition coefficient (Wildman–Crippen LogP) is 4.24. The summed E-state index contributed by atoms with van der Waals surface area (Å²) in [5, 5.41) is 9.25. The van der Waals surface area contributed by atoms with Gasteiger partial charge < -0.3 is 10.5 Å². The molecule has 0 saturated heterocycles. The summed E-state index contributed by atoms with van der Waals surface area (Å²) in [6, 6.07) is 14.2. The van der Waals surface area contributed by atoms with Crippen molar-refractivity contribution in [3.05, 3.63) is 83.9 Å². The van der Waals surface area contributed by atoms with Gasteiger partial charge in [0, 0.05) is 35.9 Å². The molecule has 0 atom stereocenters. The van der Waals surface area contributed by atoms with Gasteiger partial charge in [-0.25, -0.2) is 4.52 Å². The van der Waals surface area contributed by atoms with Gasteiger partial charge in [0.2, 0.25) is 0 Å². The summed E-state index contributed by atoms with van der Waals surface area (Å²) in [5.74, 6) is 0.848. The summed E-state index contributed by atoms with van der Waals surface area (Å²) in [5.41, 5.74) is 14.2. The molecule has 0 aliphatic heterocycles. The first-order valence-electron chi connectivity index (χ1n) is 10.1. The number of nitrogens with zero attached hydrogens (tertiary/aromatic N) is 5.